The molecule has 24 heavy (non-hydrogen) atoms. The van der Waals surface area contributed by atoms with Crippen LogP contribution in [-0.2, 0) is 0 Å². The Kier molecular flexibility index (Phi) is 4.73. The summed E-state index contributed by atoms with van der Waals surface area (Å²) in [5, 5.41) is 14.7. The highest BCUT2D eigenvalue weighted by Gasteiger charge is 2.17. The summed E-state index contributed by atoms with van der Waals surface area (Å²) < 4.78 is 5.19. The molecule has 3 aromatic rings. The number of nitriles is 1. The first kappa shape index (κ1) is 16.0. The first-order valence-electron chi connectivity index (χ1n) is 7.51. The minimum Gasteiger partial charge on any atom is -0.497 e. The molecule has 1 N–H and O–H groups in total. The Bertz CT molecular complexity index is 867. The molecule has 0 bridgehead atoms. The van der Waals surface area contributed by atoms with Crippen LogP contribution in [0.4, 0.5) is 5.82 Å². The van der Waals surface area contributed by atoms with Gasteiger partial charge in [0.2, 0.25) is 0 Å². The Morgan fingerprint density at radius 2 is 2.00 bits per heavy atom. The molecule has 0 amide bonds. The Hall–Kier alpha value is -2.91. The van der Waals surface area contributed by atoms with Crippen LogP contribution in [-0.4, -0.2) is 23.6 Å². The average Bonchev–Trinajstić information content (AvgIpc) is 3.16. The molecular formula is C18H16N4OS. The smallest absolute Gasteiger partial charge is 0.162 e. The lowest BCUT2D eigenvalue weighted by Crippen LogP contribution is -2.06. The van der Waals surface area contributed by atoms with Crippen LogP contribution in [0, 0.1) is 11.3 Å². The van der Waals surface area contributed by atoms with Gasteiger partial charge in [0.25, 0.3) is 0 Å². The second-order valence-corrected chi connectivity index (χ2v) is 5.92. The average molecular weight is 336 g/mol. The summed E-state index contributed by atoms with van der Waals surface area (Å²) in [7, 11) is 1.63. The number of nitrogens with zero attached hydrogens (tertiary/aromatic N) is 3. The van der Waals surface area contributed by atoms with Crippen molar-refractivity contribution in [1.82, 2.24) is 9.97 Å². The van der Waals surface area contributed by atoms with E-state index in [1.165, 1.54) is 0 Å². The molecule has 6 heteroatoms. The van der Waals surface area contributed by atoms with Crippen molar-refractivity contribution in [2.45, 2.75) is 6.92 Å². The number of nitrogens with one attached hydrogen (secondary N) is 1. The molecule has 0 unspecified atom stereocenters. The fourth-order valence-electron chi connectivity index (χ4n) is 2.32. The molecule has 0 saturated carbocycles. The van der Waals surface area contributed by atoms with Crippen LogP contribution in [0.3, 0.4) is 0 Å². The summed E-state index contributed by atoms with van der Waals surface area (Å²) in [5.41, 5.74) is 2.00. The number of anilines is 1. The van der Waals surface area contributed by atoms with Crippen LogP contribution in [0.5, 0.6) is 5.75 Å². The van der Waals surface area contributed by atoms with E-state index in [-0.39, 0.29) is 0 Å². The maximum atomic E-state index is 9.57. The van der Waals surface area contributed by atoms with Gasteiger partial charge in [-0.15, -0.1) is 11.3 Å². The van der Waals surface area contributed by atoms with Gasteiger partial charge in [0, 0.05) is 12.1 Å². The Labute approximate surface area is 144 Å². The largest absolute Gasteiger partial charge is 0.497 e. The van der Waals surface area contributed by atoms with Gasteiger partial charge in [-0.2, -0.15) is 5.26 Å². The molecule has 120 valence electrons. The zero-order chi connectivity index (χ0) is 16.9. The van der Waals surface area contributed by atoms with E-state index in [4.69, 9.17) is 4.74 Å². The standard InChI is InChI=1S/C18H16N4OS/c1-3-20-18-14(11-19)16(15-5-4-10-24-15)21-17(22-18)12-6-8-13(23-2)9-7-12/h4-10H,3H2,1-2H3,(H,20,21,22). The van der Waals surface area contributed by atoms with E-state index in [0.29, 0.717) is 29.4 Å². The third kappa shape index (κ3) is 3.07. The summed E-state index contributed by atoms with van der Waals surface area (Å²) in [6.07, 6.45) is 0. The number of thiophene rings is 1. The normalized spacial score (nSPS) is 10.2. The van der Waals surface area contributed by atoms with E-state index in [1.807, 2.05) is 48.7 Å². The molecule has 0 saturated heterocycles. The topological polar surface area (TPSA) is 70.8 Å². The van der Waals surface area contributed by atoms with Gasteiger partial charge in [-0.1, -0.05) is 6.07 Å². The molecule has 0 fully saturated rings. The second-order valence-electron chi connectivity index (χ2n) is 4.97. The van der Waals surface area contributed by atoms with Crippen LogP contribution >= 0.6 is 11.3 Å². The number of hydrogen-bond donors (Lipinski definition) is 1. The van der Waals surface area contributed by atoms with Crippen LogP contribution in [0.25, 0.3) is 22.0 Å². The summed E-state index contributed by atoms with van der Waals surface area (Å²) in [6.45, 7) is 2.65. The van der Waals surface area contributed by atoms with Gasteiger partial charge in [0.15, 0.2) is 5.82 Å². The quantitative estimate of drug-likeness (QED) is 0.756. The molecule has 5 nitrogen and oxygen atoms in total. The number of hydrogen-bond acceptors (Lipinski definition) is 6. The number of ether oxygens (including phenoxy) is 1. The number of aromatic nitrogens is 2. The van der Waals surface area contributed by atoms with Crippen molar-refractivity contribution >= 4 is 17.2 Å². The molecule has 0 radical (unpaired) electrons. The van der Waals surface area contributed by atoms with Crippen molar-refractivity contribution in [3.63, 3.8) is 0 Å². The van der Waals surface area contributed by atoms with Crippen molar-refractivity contribution < 1.29 is 4.74 Å². The predicted molar refractivity (Wildman–Crippen MR) is 96.2 cm³/mol. The molecule has 1 aromatic carbocycles. The second kappa shape index (κ2) is 7.11. The highest BCUT2D eigenvalue weighted by Crippen LogP contribution is 2.32. The molecular weight excluding hydrogens is 320 g/mol. The molecule has 0 aliphatic rings. The van der Waals surface area contributed by atoms with Crippen molar-refractivity contribution in [3.05, 3.63) is 47.3 Å². The van der Waals surface area contributed by atoms with Gasteiger partial charge in [0.1, 0.15) is 28.9 Å². The number of benzene rings is 1. The van der Waals surface area contributed by atoms with Crippen molar-refractivity contribution in [1.29, 1.82) is 5.26 Å². The molecule has 0 atom stereocenters. The number of methoxy groups -OCH3 is 1. The van der Waals surface area contributed by atoms with Gasteiger partial charge < -0.3 is 10.1 Å². The molecule has 0 aliphatic heterocycles. The fourth-order valence-corrected chi connectivity index (χ4v) is 3.04. The molecule has 0 spiro atoms. The van der Waals surface area contributed by atoms with Gasteiger partial charge >= 0.3 is 0 Å². The third-order valence-electron chi connectivity index (χ3n) is 3.47. The van der Waals surface area contributed by atoms with Crippen LogP contribution in [0.1, 0.15) is 12.5 Å². The maximum Gasteiger partial charge on any atom is 0.162 e. The minimum absolute atomic E-state index is 0.469. The SMILES string of the molecule is CCNc1nc(-c2ccc(OC)cc2)nc(-c2cccs2)c1C#N. The molecule has 3 rings (SSSR count). The summed E-state index contributed by atoms with van der Waals surface area (Å²) in [5.74, 6) is 1.91. The summed E-state index contributed by atoms with van der Waals surface area (Å²) >= 11 is 1.55. The first-order chi connectivity index (χ1) is 11.8. The van der Waals surface area contributed by atoms with Crippen LogP contribution < -0.4 is 10.1 Å². The van der Waals surface area contributed by atoms with E-state index in [2.05, 4.69) is 21.4 Å². The van der Waals surface area contributed by atoms with E-state index < -0.39 is 0 Å². The van der Waals surface area contributed by atoms with Crippen molar-refractivity contribution in [2.24, 2.45) is 0 Å². The highest BCUT2D eigenvalue weighted by molar-refractivity contribution is 7.13. The van der Waals surface area contributed by atoms with E-state index >= 15 is 0 Å². The molecule has 2 heterocycles. The predicted octanol–water partition coefficient (Wildman–Crippen LogP) is 4.18. The molecule has 0 aliphatic carbocycles. The fraction of sp³-hybridized carbons (Fsp3) is 0.167. The minimum atomic E-state index is 0.469. The van der Waals surface area contributed by atoms with E-state index in [1.54, 1.807) is 18.4 Å². The van der Waals surface area contributed by atoms with Gasteiger partial charge in [-0.05, 0) is 42.6 Å². The Morgan fingerprint density at radius 3 is 2.58 bits per heavy atom. The first-order valence-corrected chi connectivity index (χ1v) is 8.39. The highest BCUT2D eigenvalue weighted by atomic mass is 32.1. The summed E-state index contributed by atoms with van der Waals surface area (Å²) in [6, 6.07) is 13.7. The monoisotopic (exact) mass is 336 g/mol. The third-order valence-corrected chi connectivity index (χ3v) is 4.34. The van der Waals surface area contributed by atoms with E-state index in [9.17, 15) is 5.26 Å². The zero-order valence-electron chi connectivity index (χ0n) is 13.4. The Morgan fingerprint density at radius 1 is 1.21 bits per heavy atom. The lowest BCUT2D eigenvalue weighted by molar-refractivity contribution is 0.415. The van der Waals surface area contributed by atoms with Crippen LogP contribution in [0.15, 0.2) is 41.8 Å². The van der Waals surface area contributed by atoms with E-state index in [0.717, 1.165) is 16.2 Å². The van der Waals surface area contributed by atoms with Gasteiger partial charge in [-0.3, -0.25) is 0 Å². The maximum absolute atomic E-state index is 9.57. The van der Waals surface area contributed by atoms with Crippen molar-refractivity contribution in [3.8, 4) is 33.8 Å². The van der Waals surface area contributed by atoms with Crippen LogP contribution in [0.2, 0.25) is 0 Å². The number of rotatable bonds is 5. The lowest BCUT2D eigenvalue weighted by atomic mass is 10.1. The summed E-state index contributed by atoms with van der Waals surface area (Å²) in [4.78, 5) is 10.1. The lowest BCUT2D eigenvalue weighted by Gasteiger charge is -2.11. The van der Waals surface area contributed by atoms with Gasteiger partial charge in [0.05, 0.1) is 12.0 Å². The van der Waals surface area contributed by atoms with Gasteiger partial charge in [-0.25, -0.2) is 9.97 Å². The molecule has 2 aromatic heterocycles. The van der Waals surface area contributed by atoms with Crippen molar-refractivity contribution in [2.75, 3.05) is 19.0 Å². The Balaban J connectivity index is 2.17. The zero-order valence-corrected chi connectivity index (χ0v) is 14.2.